The zero-order chi connectivity index (χ0) is 14.0. The average Bonchev–Trinajstić information content (AvgIpc) is 2.92. The first-order chi connectivity index (χ1) is 9.10. The fourth-order valence-electron chi connectivity index (χ4n) is 2.27. The minimum absolute atomic E-state index is 0.0219. The summed E-state index contributed by atoms with van der Waals surface area (Å²) in [4.78, 5) is 0. The summed E-state index contributed by atoms with van der Waals surface area (Å²) in [6, 6.07) is 0.0219. The lowest BCUT2D eigenvalue weighted by Gasteiger charge is -2.19. The molecule has 5 nitrogen and oxygen atoms in total. The maximum atomic E-state index is 6.31. The molecule has 2 aromatic heterocycles. The van der Waals surface area contributed by atoms with Gasteiger partial charge in [-0.25, -0.2) is 0 Å². The molecule has 0 aliphatic rings. The van der Waals surface area contributed by atoms with E-state index in [1.165, 1.54) is 0 Å². The summed E-state index contributed by atoms with van der Waals surface area (Å²) >= 11 is 6.31. The van der Waals surface area contributed by atoms with Gasteiger partial charge in [-0.05, 0) is 20.4 Å². The van der Waals surface area contributed by atoms with E-state index in [2.05, 4.69) is 36.3 Å². The number of rotatable bonds is 5. The Morgan fingerprint density at radius 3 is 2.58 bits per heavy atom. The second-order valence-electron chi connectivity index (χ2n) is 4.49. The van der Waals surface area contributed by atoms with E-state index in [1.54, 1.807) is 6.20 Å². The summed E-state index contributed by atoms with van der Waals surface area (Å²) in [5.74, 6) is 0. The summed E-state index contributed by atoms with van der Waals surface area (Å²) in [5.41, 5.74) is 3.27. The van der Waals surface area contributed by atoms with Crippen molar-refractivity contribution < 1.29 is 0 Å². The normalized spacial score (nSPS) is 12.9. The Hall–Kier alpha value is -1.33. The highest BCUT2D eigenvalue weighted by Crippen LogP contribution is 2.29. The van der Waals surface area contributed by atoms with Crippen LogP contribution in [0.25, 0.3) is 0 Å². The van der Waals surface area contributed by atoms with Crippen LogP contribution in [0.5, 0.6) is 0 Å². The average molecular weight is 282 g/mol. The second kappa shape index (κ2) is 5.75. The van der Waals surface area contributed by atoms with Crippen LogP contribution in [-0.2, 0) is 13.6 Å². The van der Waals surface area contributed by atoms with Crippen molar-refractivity contribution in [3.63, 3.8) is 0 Å². The predicted molar refractivity (Wildman–Crippen MR) is 76.4 cm³/mol. The van der Waals surface area contributed by atoms with Gasteiger partial charge in [0.25, 0.3) is 0 Å². The van der Waals surface area contributed by atoms with Gasteiger partial charge in [-0.2, -0.15) is 10.2 Å². The maximum absolute atomic E-state index is 6.31. The lowest BCUT2D eigenvalue weighted by atomic mass is 10.0. The fraction of sp³-hybridized carbons (Fsp3) is 0.538. The zero-order valence-electron chi connectivity index (χ0n) is 11.8. The molecular weight excluding hydrogens is 262 g/mol. The van der Waals surface area contributed by atoms with Crippen LogP contribution in [0.2, 0.25) is 5.02 Å². The summed E-state index contributed by atoms with van der Waals surface area (Å²) in [6.07, 6.45) is 3.60. The molecule has 0 aliphatic heterocycles. The van der Waals surface area contributed by atoms with Crippen molar-refractivity contribution in [1.82, 2.24) is 24.9 Å². The van der Waals surface area contributed by atoms with Crippen LogP contribution in [0.15, 0.2) is 12.4 Å². The monoisotopic (exact) mass is 281 g/mol. The minimum atomic E-state index is 0.0219. The van der Waals surface area contributed by atoms with Crippen molar-refractivity contribution in [1.29, 1.82) is 0 Å². The maximum Gasteiger partial charge on any atom is 0.0837 e. The predicted octanol–water partition coefficient (Wildman–Crippen LogP) is 2.30. The Morgan fingerprint density at radius 2 is 2.05 bits per heavy atom. The van der Waals surface area contributed by atoms with E-state index in [1.807, 2.05) is 22.6 Å². The van der Waals surface area contributed by atoms with Gasteiger partial charge in [0, 0.05) is 24.8 Å². The third-order valence-corrected chi connectivity index (χ3v) is 3.69. The number of nitrogens with zero attached hydrogens (tertiary/aromatic N) is 4. The molecule has 19 heavy (non-hydrogen) atoms. The highest BCUT2D eigenvalue weighted by atomic mass is 35.5. The smallest absolute Gasteiger partial charge is 0.0837 e. The van der Waals surface area contributed by atoms with Gasteiger partial charge in [-0.1, -0.05) is 18.5 Å². The molecule has 0 saturated carbocycles. The Balaban J connectivity index is 2.51. The van der Waals surface area contributed by atoms with Crippen molar-refractivity contribution in [3.05, 3.63) is 34.4 Å². The highest BCUT2D eigenvalue weighted by molar-refractivity contribution is 6.31. The molecule has 1 N–H and O–H groups in total. The molecule has 6 heteroatoms. The Kier molecular flexibility index (Phi) is 4.27. The number of aromatic nitrogens is 4. The van der Waals surface area contributed by atoms with Crippen molar-refractivity contribution in [2.24, 2.45) is 7.05 Å². The molecule has 0 radical (unpaired) electrons. The molecule has 2 heterocycles. The Labute approximate surface area is 118 Å². The van der Waals surface area contributed by atoms with Crippen LogP contribution in [0.4, 0.5) is 0 Å². The number of nitrogens with one attached hydrogen (secondary N) is 1. The summed E-state index contributed by atoms with van der Waals surface area (Å²) in [5, 5.41) is 12.8. The zero-order valence-corrected chi connectivity index (χ0v) is 12.6. The summed E-state index contributed by atoms with van der Waals surface area (Å²) in [7, 11) is 1.95. The first kappa shape index (κ1) is 14.1. The second-order valence-corrected chi connectivity index (χ2v) is 4.90. The van der Waals surface area contributed by atoms with Crippen LogP contribution in [0.3, 0.4) is 0 Å². The lowest BCUT2D eigenvalue weighted by molar-refractivity contribution is 0.540. The van der Waals surface area contributed by atoms with E-state index in [0.29, 0.717) is 5.02 Å². The van der Waals surface area contributed by atoms with Crippen LogP contribution in [0, 0.1) is 6.92 Å². The number of hydrogen-bond acceptors (Lipinski definition) is 3. The molecule has 1 unspecified atom stereocenters. The lowest BCUT2D eigenvalue weighted by Crippen LogP contribution is -2.25. The third kappa shape index (κ3) is 2.53. The number of hydrogen-bond donors (Lipinski definition) is 1. The van der Waals surface area contributed by atoms with E-state index < -0.39 is 0 Å². The molecule has 0 aromatic carbocycles. The Bertz CT molecular complexity index is 557. The number of aryl methyl sites for hydroxylation is 2. The number of halogens is 1. The molecule has 2 aromatic rings. The van der Waals surface area contributed by atoms with Gasteiger partial charge < -0.3 is 5.32 Å². The minimum Gasteiger partial charge on any atom is -0.305 e. The quantitative estimate of drug-likeness (QED) is 0.915. The van der Waals surface area contributed by atoms with Gasteiger partial charge >= 0.3 is 0 Å². The molecule has 0 amide bonds. The van der Waals surface area contributed by atoms with Crippen molar-refractivity contribution in [3.8, 4) is 0 Å². The summed E-state index contributed by atoms with van der Waals surface area (Å²) < 4.78 is 3.81. The van der Waals surface area contributed by atoms with Crippen molar-refractivity contribution >= 4 is 11.6 Å². The molecule has 2 rings (SSSR count). The highest BCUT2D eigenvalue weighted by Gasteiger charge is 2.24. The molecule has 0 fully saturated rings. The molecule has 0 spiro atoms. The van der Waals surface area contributed by atoms with E-state index in [0.717, 1.165) is 30.0 Å². The first-order valence-corrected chi connectivity index (χ1v) is 6.91. The SMILES string of the molecule is CCNC(c1cnn(C)c1C)c1c(Cl)cnn1CC. The standard InChI is InChI=1S/C13H20ClN5/c1-5-15-12(10-7-16-18(4)9(10)3)13-11(14)8-17-19(13)6-2/h7-8,12,15H,5-6H2,1-4H3. The van der Waals surface area contributed by atoms with Gasteiger partial charge in [0.2, 0.25) is 0 Å². The largest absolute Gasteiger partial charge is 0.305 e. The van der Waals surface area contributed by atoms with Crippen molar-refractivity contribution in [2.75, 3.05) is 6.54 Å². The van der Waals surface area contributed by atoms with Crippen molar-refractivity contribution in [2.45, 2.75) is 33.4 Å². The van der Waals surface area contributed by atoms with E-state index in [4.69, 9.17) is 11.6 Å². The third-order valence-electron chi connectivity index (χ3n) is 3.40. The van der Waals surface area contributed by atoms with Crippen LogP contribution in [-0.4, -0.2) is 26.1 Å². The molecular formula is C13H20ClN5. The molecule has 0 saturated heterocycles. The fourth-order valence-corrected chi connectivity index (χ4v) is 2.52. The molecule has 0 aliphatic carbocycles. The Morgan fingerprint density at radius 1 is 1.32 bits per heavy atom. The van der Waals surface area contributed by atoms with Gasteiger partial charge in [0.05, 0.1) is 29.2 Å². The molecule has 1 atom stereocenters. The van der Waals surface area contributed by atoms with E-state index >= 15 is 0 Å². The molecule has 104 valence electrons. The van der Waals surface area contributed by atoms with Crippen LogP contribution in [0.1, 0.15) is 36.8 Å². The summed E-state index contributed by atoms with van der Waals surface area (Å²) in [6.45, 7) is 7.85. The van der Waals surface area contributed by atoms with Crippen LogP contribution >= 0.6 is 11.6 Å². The molecule has 0 bridgehead atoms. The van der Waals surface area contributed by atoms with Gasteiger partial charge in [-0.3, -0.25) is 9.36 Å². The first-order valence-electron chi connectivity index (χ1n) is 6.53. The van der Waals surface area contributed by atoms with Gasteiger partial charge in [0.15, 0.2) is 0 Å². The van der Waals surface area contributed by atoms with Crippen LogP contribution < -0.4 is 5.32 Å². The van der Waals surface area contributed by atoms with Gasteiger partial charge in [0.1, 0.15) is 0 Å². The van der Waals surface area contributed by atoms with Gasteiger partial charge in [-0.15, -0.1) is 0 Å². The topological polar surface area (TPSA) is 47.7 Å². The van der Waals surface area contributed by atoms with E-state index in [9.17, 15) is 0 Å². The van der Waals surface area contributed by atoms with E-state index in [-0.39, 0.29) is 6.04 Å².